The third kappa shape index (κ3) is 4.31. The number of amides is 1. The topological polar surface area (TPSA) is 80.0 Å². The van der Waals surface area contributed by atoms with Gasteiger partial charge < -0.3 is 9.80 Å². The van der Waals surface area contributed by atoms with Crippen LogP contribution < -0.4 is 4.90 Å². The number of aromatic nitrogens is 5. The van der Waals surface area contributed by atoms with Crippen LogP contribution >= 0.6 is 0 Å². The molecule has 2 aliphatic rings. The van der Waals surface area contributed by atoms with Crippen molar-refractivity contribution in [1.29, 1.82) is 0 Å². The van der Waals surface area contributed by atoms with Crippen LogP contribution in [-0.4, -0.2) is 66.7 Å². The summed E-state index contributed by atoms with van der Waals surface area (Å²) >= 11 is 0. The van der Waals surface area contributed by atoms with Crippen LogP contribution in [0, 0.1) is 6.92 Å². The molecule has 4 heterocycles. The molecule has 1 amide bonds. The minimum absolute atomic E-state index is 0.1000. The van der Waals surface area contributed by atoms with E-state index in [1.807, 2.05) is 29.5 Å². The molecule has 3 aromatic heterocycles. The first-order valence-electron chi connectivity index (χ1n) is 11.5. The predicted octanol–water partition coefficient (Wildman–Crippen LogP) is 3.15. The summed E-state index contributed by atoms with van der Waals surface area (Å²) in [4.78, 5) is 34.5. The van der Waals surface area contributed by atoms with Crippen molar-refractivity contribution in [2.75, 3.05) is 18.0 Å². The van der Waals surface area contributed by atoms with Crippen molar-refractivity contribution in [1.82, 2.24) is 29.4 Å². The Morgan fingerprint density at radius 1 is 1.12 bits per heavy atom. The lowest BCUT2D eigenvalue weighted by Gasteiger charge is -2.41. The molecular formula is C24H28FN7O. The third-order valence-corrected chi connectivity index (χ3v) is 6.49. The van der Waals surface area contributed by atoms with E-state index in [0.717, 1.165) is 30.7 Å². The summed E-state index contributed by atoms with van der Waals surface area (Å²) in [6, 6.07) is 3.22. The Balaban J connectivity index is 1.30. The van der Waals surface area contributed by atoms with Gasteiger partial charge in [-0.2, -0.15) is 0 Å². The van der Waals surface area contributed by atoms with Crippen molar-refractivity contribution < 1.29 is 9.18 Å². The van der Waals surface area contributed by atoms with Crippen LogP contribution in [0.1, 0.15) is 47.9 Å². The Hall–Kier alpha value is -3.36. The van der Waals surface area contributed by atoms with Crippen LogP contribution in [0.2, 0.25) is 0 Å². The fraction of sp³-hybridized carbons (Fsp3) is 0.458. The molecule has 0 radical (unpaired) electrons. The zero-order valence-corrected chi connectivity index (χ0v) is 18.9. The minimum Gasteiger partial charge on any atom is -0.338 e. The molecule has 0 N–H and O–H groups in total. The van der Waals surface area contributed by atoms with E-state index in [9.17, 15) is 4.79 Å². The zero-order chi connectivity index (χ0) is 22.9. The third-order valence-electron chi connectivity index (χ3n) is 6.49. The molecular weight excluding hydrogens is 421 g/mol. The van der Waals surface area contributed by atoms with Gasteiger partial charge in [-0.3, -0.25) is 9.36 Å². The molecule has 5 rings (SSSR count). The second-order valence-electron chi connectivity index (χ2n) is 8.76. The number of aryl methyl sites for hydroxylation is 2. The van der Waals surface area contributed by atoms with Crippen molar-refractivity contribution >= 4 is 11.9 Å². The lowest BCUT2D eigenvalue weighted by molar-refractivity contribution is 0.0486. The summed E-state index contributed by atoms with van der Waals surface area (Å²) in [7, 11) is 0. The Morgan fingerprint density at radius 2 is 1.91 bits per heavy atom. The molecule has 0 spiro atoms. The van der Waals surface area contributed by atoms with Gasteiger partial charge in [0.2, 0.25) is 5.95 Å². The SMILES string of the molecule is CCc1cnc(N2CC[C@@H](N(C(=O)c3ccc(-n4ccnc4C)nc3)C3CC3)C(F)C2)nc1. The molecule has 1 unspecified atom stereocenters. The Kier molecular flexibility index (Phi) is 5.78. The van der Waals surface area contributed by atoms with E-state index < -0.39 is 12.2 Å². The molecule has 2 fully saturated rings. The molecule has 3 aromatic rings. The second kappa shape index (κ2) is 8.88. The van der Waals surface area contributed by atoms with Gasteiger partial charge in [0.15, 0.2) is 0 Å². The van der Waals surface area contributed by atoms with Gasteiger partial charge in [-0.15, -0.1) is 0 Å². The van der Waals surface area contributed by atoms with Crippen molar-refractivity contribution in [3.8, 4) is 5.82 Å². The highest BCUT2D eigenvalue weighted by Gasteiger charge is 2.43. The van der Waals surface area contributed by atoms with Crippen LogP contribution in [0.4, 0.5) is 10.3 Å². The van der Waals surface area contributed by atoms with Crippen molar-refractivity contribution in [3.05, 3.63) is 60.1 Å². The normalized spacial score (nSPS) is 20.6. The van der Waals surface area contributed by atoms with E-state index in [-0.39, 0.29) is 18.5 Å². The number of pyridine rings is 1. The van der Waals surface area contributed by atoms with E-state index in [2.05, 4.69) is 19.9 Å². The first kappa shape index (κ1) is 21.5. The van der Waals surface area contributed by atoms with Gasteiger partial charge in [0.25, 0.3) is 5.91 Å². The maximum Gasteiger partial charge on any atom is 0.256 e. The number of alkyl halides is 1. The quantitative estimate of drug-likeness (QED) is 0.575. The van der Waals surface area contributed by atoms with Gasteiger partial charge in [-0.25, -0.2) is 24.3 Å². The summed E-state index contributed by atoms with van der Waals surface area (Å²) in [5.41, 5.74) is 1.54. The summed E-state index contributed by atoms with van der Waals surface area (Å²) < 4.78 is 17.3. The fourth-order valence-corrected chi connectivity index (χ4v) is 4.45. The van der Waals surface area contributed by atoms with Crippen LogP contribution in [-0.2, 0) is 6.42 Å². The first-order chi connectivity index (χ1) is 16.0. The highest BCUT2D eigenvalue weighted by atomic mass is 19.1. The Bertz CT molecular complexity index is 1110. The van der Waals surface area contributed by atoms with E-state index in [1.54, 1.807) is 41.8 Å². The fourth-order valence-electron chi connectivity index (χ4n) is 4.45. The van der Waals surface area contributed by atoms with E-state index in [0.29, 0.717) is 30.3 Å². The molecule has 8 nitrogen and oxygen atoms in total. The number of carbonyl (C=O) groups excluding carboxylic acids is 1. The number of anilines is 1. The maximum atomic E-state index is 15.4. The van der Waals surface area contributed by atoms with Crippen LogP contribution in [0.15, 0.2) is 43.1 Å². The summed E-state index contributed by atoms with van der Waals surface area (Å²) in [5.74, 6) is 1.92. The van der Waals surface area contributed by atoms with Crippen molar-refractivity contribution in [2.45, 2.75) is 57.8 Å². The van der Waals surface area contributed by atoms with E-state index in [1.165, 1.54) is 0 Å². The van der Waals surface area contributed by atoms with Crippen molar-refractivity contribution in [2.24, 2.45) is 0 Å². The molecule has 9 heteroatoms. The lowest BCUT2D eigenvalue weighted by atomic mass is 10.00. The standard InChI is InChI=1S/C24H28FN7O/c1-3-17-12-28-24(29-13-17)30-10-8-21(20(25)15-30)32(19-5-6-19)23(33)18-4-7-22(27-14-18)31-11-9-26-16(31)2/h4,7,9,11-14,19-21H,3,5-6,8,10,15H2,1-2H3/t20?,21-/m1/s1. The summed E-state index contributed by atoms with van der Waals surface area (Å²) in [6.07, 6.45) is 10.8. The Labute approximate surface area is 192 Å². The number of carbonyl (C=O) groups is 1. The molecule has 2 atom stereocenters. The van der Waals surface area contributed by atoms with Gasteiger partial charge in [-0.1, -0.05) is 6.92 Å². The van der Waals surface area contributed by atoms with Crippen molar-refractivity contribution in [3.63, 3.8) is 0 Å². The number of hydrogen-bond donors (Lipinski definition) is 0. The molecule has 172 valence electrons. The number of halogens is 1. The highest BCUT2D eigenvalue weighted by molar-refractivity contribution is 5.94. The number of hydrogen-bond acceptors (Lipinski definition) is 6. The Morgan fingerprint density at radius 3 is 2.48 bits per heavy atom. The van der Waals surface area contributed by atoms with Gasteiger partial charge >= 0.3 is 0 Å². The summed E-state index contributed by atoms with van der Waals surface area (Å²) in [6.45, 7) is 4.74. The predicted molar refractivity (Wildman–Crippen MR) is 122 cm³/mol. The number of rotatable bonds is 6. The van der Waals surface area contributed by atoms with Gasteiger partial charge in [-0.05, 0) is 50.3 Å². The molecule has 33 heavy (non-hydrogen) atoms. The molecule has 1 saturated carbocycles. The van der Waals surface area contributed by atoms with Gasteiger partial charge in [0.1, 0.15) is 17.8 Å². The van der Waals surface area contributed by atoms with Crippen LogP contribution in [0.25, 0.3) is 5.82 Å². The molecule has 1 saturated heterocycles. The van der Waals surface area contributed by atoms with Gasteiger partial charge in [0, 0.05) is 43.6 Å². The van der Waals surface area contributed by atoms with Crippen LogP contribution in [0.5, 0.6) is 0 Å². The summed E-state index contributed by atoms with van der Waals surface area (Å²) in [5, 5.41) is 0. The smallest absolute Gasteiger partial charge is 0.256 e. The highest BCUT2D eigenvalue weighted by Crippen LogP contribution is 2.34. The monoisotopic (exact) mass is 449 g/mol. The molecule has 0 bridgehead atoms. The van der Waals surface area contributed by atoms with E-state index in [4.69, 9.17) is 0 Å². The largest absolute Gasteiger partial charge is 0.338 e. The van der Waals surface area contributed by atoms with Crippen LogP contribution in [0.3, 0.4) is 0 Å². The lowest BCUT2D eigenvalue weighted by Crippen LogP contribution is -2.55. The van der Waals surface area contributed by atoms with E-state index >= 15 is 4.39 Å². The zero-order valence-electron chi connectivity index (χ0n) is 18.9. The average molecular weight is 450 g/mol. The molecule has 0 aromatic carbocycles. The van der Waals surface area contributed by atoms with Gasteiger partial charge in [0.05, 0.1) is 18.2 Å². The number of nitrogens with zero attached hydrogens (tertiary/aromatic N) is 7. The number of imidazole rings is 1. The first-order valence-corrected chi connectivity index (χ1v) is 11.5. The second-order valence-corrected chi connectivity index (χ2v) is 8.76. The molecule has 1 aliphatic heterocycles. The maximum absolute atomic E-state index is 15.4. The minimum atomic E-state index is -1.17. The average Bonchev–Trinajstić information content (AvgIpc) is 3.59. The number of piperidine rings is 1. The molecule has 1 aliphatic carbocycles.